The Balaban J connectivity index is 1.39. The second-order valence-electron chi connectivity index (χ2n) is 6.86. The van der Waals surface area contributed by atoms with Gasteiger partial charge in [0, 0.05) is 32.3 Å². The Morgan fingerprint density at radius 1 is 1.38 bits per heavy atom. The summed E-state index contributed by atoms with van der Waals surface area (Å²) in [4.78, 5) is 9.33. The van der Waals surface area contributed by atoms with Crippen molar-refractivity contribution >= 4 is 0 Å². The van der Waals surface area contributed by atoms with Crippen LogP contribution in [0, 0.1) is 0 Å². The summed E-state index contributed by atoms with van der Waals surface area (Å²) < 4.78 is 7.61. The van der Waals surface area contributed by atoms with E-state index in [1.54, 1.807) is 0 Å². The van der Waals surface area contributed by atoms with E-state index >= 15 is 0 Å². The minimum atomic E-state index is 0.598. The SMILES string of the molecule is CCc1cnc(CN(C)[C@H]2CCN(CCCc3cnn(C)c3)C2)o1. The number of hydrogen-bond donors (Lipinski definition) is 0. The lowest BCUT2D eigenvalue weighted by Gasteiger charge is -2.23. The summed E-state index contributed by atoms with van der Waals surface area (Å²) in [5, 5.41) is 4.23. The van der Waals surface area contributed by atoms with Gasteiger partial charge in [0.25, 0.3) is 0 Å². The zero-order valence-corrected chi connectivity index (χ0v) is 15.1. The van der Waals surface area contributed by atoms with Gasteiger partial charge in [0.2, 0.25) is 5.89 Å². The maximum Gasteiger partial charge on any atom is 0.208 e. The molecule has 2 aromatic rings. The molecule has 1 saturated heterocycles. The molecule has 3 rings (SSSR count). The van der Waals surface area contributed by atoms with Gasteiger partial charge in [-0.2, -0.15) is 5.10 Å². The van der Waals surface area contributed by atoms with Gasteiger partial charge in [-0.1, -0.05) is 6.92 Å². The van der Waals surface area contributed by atoms with Gasteiger partial charge in [-0.05, 0) is 45.0 Å². The molecule has 0 bridgehead atoms. The molecule has 0 aromatic carbocycles. The third-order valence-electron chi connectivity index (χ3n) is 4.90. The van der Waals surface area contributed by atoms with Crippen LogP contribution < -0.4 is 0 Å². The van der Waals surface area contributed by atoms with Gasteiger partial charge in [-0.15, -0.1) is 0 Å². The summed E-state index contributed by atoms with van der Waals surface area (Å²) in [5.41, 5.74) is 1.33. The predicted molar refractivity (Wildman–Crippen MR) is 93.7 cm³/mol. The molecule has 0 saturated carbocycles. The molecular weight excluding hydrogens is 302 g/mol. The van der Waals surface area contributed by atoms with Crippen LogP contribution in [0.15, 0.2) is 23.0 Å². The van der Waals surface area contributed by atoms with E-state index in [4.69, 9.17) is 4.42 Å². The Morgan fingerprint density at radius 2 is 2.25 bits per heavy atom. The van der Waals surface area contributed by atoms with Crippen molar-refractivity contribution < 1.29 is 4.42 Å². The van der Waals surface area contributed by atoms with Crippen LogP contribution in [0.25, 0.3) is 0 Å². The summed E-state index contributed by atoms with van der Waals surface area (Å²) in [6.07, 6.45) is 10.4. The molecule has 6 nitrogen and oxygen atoms in total. The molecule has 0 amide bonds. The summed E-state index contributed by atoms with van der Waals surface area (Å²) in [6.45, 7) is 6.39. The summed E-state index contributed by atoms with van der Waals surface area (Å²) in [7, 11) is 4.15. The zero-order chi connectivity index (χ0) is 16.9. The number of aryl methyl sites for hydroxylation is 3. The molecule has 1 fully saturated rings. The highest BCUT2D eigenvalue weighted by Crippen LogP contribution is 2.17. The van der Waals surface area contributed by atoms with Crippen molar-refractivity contribution in [1.82, 2.24) is 24.6 Å². The highest BCUT2D eigenvalue weighted by atomic mass is 16.4. The summed E-state index contributed by atoms with van der Waals surface area (Å²) >= 11 is 0. The Bertz CT molecular complexity index is 635. The molecule has 3 heterocycles. The number of nitrogens with zero attached hydrogens (tertiary/aromatic N) is 5. The van der Waals surface area contributed by atoms with E-state index < -0.39 is 0 Å². The first-order valence-corrected chi connectivity index (χ1v) is 8.97. The second kappa shape index (κ2) is 7.94. The monoisotopic (exact) mass is 331 g/mol. The quantitative estimate of drug-likeness (QED) is 0.741. The van der Waals surface area contributed by atoms with Crippen molar-refractivity contribution in [3.63, 3.8) is 0 Å². The van der Waals surface area contributed by atoms with Crippen LogP contribution >= 0.6 is 0 Å². The average molecular weight is 331 g/mol. The molecule has 0 N–H and O–H groups in total. The third kappa shape index (κ3) is 4.45. The Labute approximate surface area is 144 Å². The largest absolute Gasteiger partial charge is 0.444 e. The molecule has 6 heteroatoms. The number of rotatable bonds is 8. The van der Waals surface area contributed by atoms with Gasteiger partial charge >= 0.3 is 0 Å². The molecule has 132 valence electrons. The van der Waals surface area contributed by atoms with E-state index in [0.29, 0.717) is 6.04 Å². The Morgan fingerprint density at radius 3 is 2.96 bits per heavy atom. The van der Waals surface area contributed by atoms with Crippen molar-refractivity contribution in [2.75, 3.05) is 26.7 Å². The van der Waals surface area contributed by atoms with Crippen molar-refractivity contribution in [3.05, 3.63) is 35.8 Å². The lowest BCUT2D eigenvalue weighted by Crippen LogP contribution is -2.34. The average Bonchev–Trinajstić information content (AvgIpc) is 3.29. The van der Waals surface area contributed by atoms with Crippen LogP contribution in [0.2, 0.25) is 0 Å². The molecule has 1 aliphatic rings. The lowest BCUT2D eigenvalue weighted by atomic mass is 10.2. The molecule has 24 heavy (non-hydrogen) atoms. The van der Waals surface area contributed by atoms with Crippen LogP contribution in [-0.4, -0.2) is 57.3 Å². The molecule has 0 spiro atoms. The van der Waals surface area contributed by atoms with Crippen molar-refractivity contribution in [2.45, 2.75) is 45.2 Å². The Kier molecular flexibility index (Phi) is 5.68. The molecule has 1 aliphatic heterocycles. The number of likely N-dealkylation sites (tertiary alicyclic amines) is 1. The summed E-state index contributed by atoms with van der Waals surface area (Å²) in [6, 6.07) is 0.598. The number of aromatic nitrogens is 3. The van der Waals surface area contributed by atoms with Crippen molar-refractivity contribution in [3.8, 4) is 0 Å². The molecule has 0 aliphatic carbocycles. The minimum Gasteiger partial charge on any atom is -0.444 e. The van der Waals surface area contributed by atoms with Crippen molar-refractivity contribution in [2.24, 2.45) is 7.05 Å². The maximum atomic E-state index is 5.73. The van der Waals surface area contributed by atoms with Crippen LogP contribution in [0.1, 0.15) is 37.0 Å². The Hall–Kier alpha value is -1.66. The highest BCUT2D eigenvalue weighted by Gasteiger charge is 2.26. The fourth-order valence-electron chi connectivity index (χ4n) is 3.41. The van der Waals surface area contributed by atoms with Crippen molar-refractivity contribution in [1.29, 1.82) is 0 Å². The van der Waals surface area contributed by atoms with E-state index in [2.05, 4.69) is 40.1 Å². The van der Waals surface area contributed by atoms with E-state index in [1.165, 1.54) is 24.9 Å². The first kappa shape index (κ1) is 17.2. The van der Waals surface area contributed by atoms with Crippen LogP contribution in [0.5, 0.6) is 0 Å². The van der Waals surface area contributed by atoms with Crippen LogP contribution in [0.4, 0.5) is 0 Å². The molecular formula is C18H29N5O. The van der Waals surface area contributed by atoms with Gasteiger partial charge in [-0.3, -0.25) is 9.58 Å². The smallest absolute Gasteiger partial charge is 0.208 e. The molecule has 2 aromatic heterocycles. The minimum absolute atomic E-state index is 0.598. The number of likely N-dealkylation sites (N-methyl/N-ethyl adjacent to an activating group) is 1. The molecule has 0 radical (unpaired) electrons. The number of hydrogen-bond acceptors (Lipinski definition) is 5. The van der Waals surface area contributed by atoms with Crippen LogP contribution in [0.3, 0.4) is 0 Å². The van der Waals surface area contributed by atoms with Gasteiger partial charge in [0.15, 0.2) is 0 Å². The lowest BCUT2D eigenvalue weighted by molar-refractivity contribution is 0.205. The fraction of sp³-hybridized carbons (Fsp3) is 0.667. The molecule has 0 unspecified atom stereocenters. The second-order valence-corrected chi connectivity index (χ2v) is 6.86. The van der Waals surface area contributed by atoms with Gasteiger partial charge < -0.3 is 9.32 Å². The predicted octanol–water partition coefficient (Wildman–Crippen LogP) is 2.11. The first-order chi connectivity index (χ1) is 11.6. The third-order valence-corrected chi connectivity index (χ3v) is 4.90. The zero-order valence-electron chi connectivity index (χ0n) is 15.1. The van der Waals surface area contributed by atoms with Crippen LogP contribution in [-0.2, 0) is 26.4 Å². The fourth-order valence-corrected chi connectivity index (χ4v) is 3.41. The summed E-state index contributed by atoms with van der Waals surface area (Å²) in [5.74, 6) is 1.81. The topological polar surface area (TPSA) is 50.3 Å². The van der Waals surface area contributed by atoms with E-state index in [-0.39, 0.29) is 0 Å². The van der Waals surface area contributed by atoms with Gasteiger partial charge in [-0.25, -0.2) is 4.98 Å². The van der Waals surface area contributed by atoms with Gasteiger partial charge in [0.05, 0.1) is 18.9 Å². The normalized spacial score (nSPS) is 18.8. The number of oxazole rings is 1. The van der Waals surface area contributed by atoms with E-state index in [1.807, 2.05) is 24.1 Å². The van der Waals surface area contributed by atoms with E-state index in [0.717, 1.165) is 44.1 Å². The highest BCUT2D eigenvalue weighted by molar-refractivity contribution is 5.03. The molecule has 1 atom stereocenters. The standard InChI is InChI=1S/C18H29N5O/c1-4-17-11-19-18(24-17)14-21(2)16-7-9-23(13-16)8-5-6-15-10-20-22(3)12-15/h10-12,16H,4-9,13-14H2,1-3H3/t16-/m0/s1. The maximum absolute atomic E-state index is 5.73. The first-order valence-electron chi connectivity index (χ1n) is 8.97. The van der Waals surface area contributed by atoms with Gasteiger partial charge in [0.1, 0.15) is 5.76 Å². The van der Waals surface area contributed by atoms with E-state index in [9.17, 15) is 0 Å².